The van der Waals surface area contributed by atoms with E-state index in [-0.39, 0.29) is 0 Å². The molecule has 0 aromatic heterocycles. The van der Waals surface area contributed by atoms with Gasteiger partial charge in [0, 0.05) is 24.9 Å². The van der Waals surface area contributed by atoms with Crippen molar-refractivity contribution in [3.8, 4) is 0 Å². The van der Waals surface area contributed by atoms with Crippen LogP contribution in [0.1, 0.15) is 19.3 Å². The smallest absolute Gasteiger partial charge is 0.0897 e. The van der Waals surface area contributed by atoms with Crippen LogP contribution in [-0.4, -0.2) is 62.2 Å². The van der Waals surface area contributed by atoms with E-state index in [0.29, 0.717) is 32.4 Å². The molecule has 0 saturated heterocycles. The van der Waals surface area contributed by atoms with Gasteiger partial charge in [0.2, 0.25) is 0 Å². The molecule has 2 N–H and O–H groups in total. The number of thioether (sulfide) groups is 1. The molecule has 17 heavy (non-hydrogen) atoms. The van der Waals surface area contributed by atoms with Gasteiger partial charge in [-0.2, -0.15) is 11.8 Å². The van der Waals surface area contributed by atoms with Crippen molar-refractivity contribution >= 4 is 11.8 Å². The lowest BCUT2D eigenvalue weighted by Crippen LogP contribution is -2.36. The summed E-state index contributed by atoms with van der Waals surface area (Å²) in [6.45, 7) is 2.14. The van der Waals surface area contributed by atoms with Crippen molar-refractivity contribution < 1.29 is 14.6 Å². The number of aliphatic hydroxyl groups is 1. The van der Waals surface area contributed by atoms with Crippen molar-refractivity contribution in [3.05, 3.63) is 0 Å². The van der Waals surface area contributed by atoms with Crippen LogP contribution in [0, 0.1) is 0 Å². The number of hydrogen-bond acceptors (Lipinski definition) is 5. The zero-order valence-corrected chi connectivity index (χ0v) is 11.7. The van der Waals surface area contributed by atoms with Crippen LogP contribution in [0.5, 0.6) is 0 Å². The first-order valence-electron chi connectivity index (χ1n) is 6.27. The normalized spacial score (nSPS) is 26.3. The Kier molecular flexibility index (Phi) is 8.22. The van der Waals surface area contributed by atoms with Crippen molar-refractivity contribution in [2.24, 2.45) is 0 Å². The number of methoxy groups -OCH3 is 1. The minimum atomic E-state index is -0.416. The fraction of sp³-hybridized carbons (Fsp3) is 1.00. The molecular weight excluding hydrogens is 238 g/mol. The average Bonchev–Trinajstić information content (AvgIpc) is 2.80. The van der Waals surface area contributed by atoms with E-state index in [1.807, 2.05) is 11.8 Å². The number of nitrogens with one attached hydrogen (secondary N) is 1. The molecule has 3 atom stereocenters. The maximum Gasteiger partial charge on any atom is 0.0897 e. The summed E-state index contributed by atoms with van der Waals surface area (Å²) >= 11 is 1.95. The number of aliphatic hydroxyl groups excluding tert-OH is 1. The van der Waals surface area contributed by atoms with Crippen LogP contribution >= 0.6 is 11.8 Å². The van der Waals surface area contributed by atoms with E-state index < -0.39 is 6.10 Å². The predicted octanol–water partition coefficient (Wildman–Crippen LogP) is 0.884. The maximum atomic E-state index is 9.70. The Morgan fingerprint density at radius 3 is 2.88 bits per heavy atom. The molecule has 0 aromatic carbocycles. The molecule has 0 heterocycles. The van der Waals surface area contributed by atoms with Crippen LogP contribution in [0.3, 0.4) is 0 Å². The van der Waals surface area contributed by atoms with E-state index in [4.69, 9.17) is 9.47 Å². The Bertz CT molecular complexity index is 195. The van der Waals surface area contributed by atoms with E-state index in [9.17, 15) is 5.11 Å². The van der Waals surface area contributed by atoms with Gasteiger partial charge in [0.15, 0.2) is 0 Å². The molecule has 5 heteroatoms. The van der Waals surface area contributed by atoms with Crippen molar-refractivity contribution in [2.45, 2.75) is 36.7 Å². The zero-order valence-electron chi connectivity index (χ0n) is 10.9. The van der Waals surface area contributed by atoms with Crippen molar-refractivity contribution in [1.29, 1.82) is 0 Å². The molecule has 102 valence electrons. The lowest BCUT2D eigenvalue weighted by atomic mass is 10.2. The highest BCUT2D eigenvalue weighted by Gasteiger charge is 2.23. The van der Waals surface area contributed by atoms with Gasteiger partial charge < -0.3 is 19.9 Å². The minimum absolute atomic E-state index is 0.384. The summed E-state index contributed by atoms with van der Waals surface area (Å²) in [6.07, 6.45) is 5.49. The highest BCUT2D eigenvalue weighted by molar-refractivity contribution is 7.99. The van der Waals surface area contributed by atoms with Gasteiger partial charge in [0.25, 0.3) is 0 Å². The second-order valence-electron chi connectivity index (χ2n) is 4.50. The first kappa shape index (κ1) is 15.2. The monoisotopic (exact) mass is 263 g/mol. The summed E-state index contributed by atoms with van der Waals surface area (Å²) in [6, 6.07) is 0.570. The minimum Gasteiger partial charge on any atom is -0.389 e. The molecule has 1 rings (SSSR count). The molecule has 1 fully saturated rings. The molecule has 0 amide bonds. The van der Waals surface area contributed by atoms with Gasteiger partial charge in [-0.15, -0.1) is 0 Å². The molecule has 1 aliphatic carbocycles. The fourth-order valence-electron chi connectivity index (χ4n) is 2.06. The molecule has 0 aliphatic heterocycles. The summed E-state index contributed by atoms with van der Waals surface area (Å²) < 4.78 is 10.1. The Morgan fingerprint density at radius 1 is 1.41 bits per heavy atom. The van der Waals surface area contributed by atoms with E-state index in [2.05, 4.69) is 11.6 Å². The molecule has 0 spiro atoms. The topological polar surface area (TPSA) is 50.7 Å². The van der Waals surface area contributed by atoms with E-state index >= 15 is 0 Å². The van der Waals surface area contributed by atoms with Crippen LogP contribution in [0.4, 0.5) is 0 Å². The molecule has 1 aliphatic rings. The summed E-state index contributed by atoms with van der Waals surface area (Å²) in [5, 5.41) is 13.9. The number of rotatable bonds is 9. The summed E-state index contributed by atoms with van der Waals surface area (Å²) in [4.78, 5) is 0. The Morgan fingerprint density at radius 2 is 2.24 bits per heavy atom. The molecule has 3 unspecified atom stereocenters. The van der Waals surface area contributed by atoms with Crippen LogP contribution in [0.2, 0.25) is 0 Å². The van der Waals surface area contributed by atoms with Gasteiger partial charge in [-0.3, -0.25) is 0 Å². The Balaban J connectivity index is 1.98. The Hall–Kier alpha value is 0.190. The predicted molar refractivity (Wildman–Crippen MR) is 71.6 cm³/mol. The summed E-state index contributed by atoms with van der Waals surface area (Å²) in [5.41, 5.74) is 0. The van der Waals surface area contributed by atoms with Crippen LogP contribution in [0.15, 0.2) is 0 Å². The van der Waals surface area contributed by atoms with Crippen molar-refractivity contribution in [2.75, 3.05) is 39.7 Å². The third kappa shape index (κ3) is 6.62. The number of hydrogen-bond donors (Lipinski definition) is 2. The van der Waals surface area contributed by atoms with E-state index in [0.717, 1.165) is 5.25 Å². The summed E-state index contributed by atoms with van der Waals surface area (Å²) in [7, 11) is 1.64. The maximum absolute atomic E-state index is 9.70. The van der Waals surface area contributed by atoms with Gasteiger partial charge >= 0.3 is 0 Å². The van der Waals surface area contributed by atoms with Crippen LogP contribution < -0.4 is 5.32 Å². The van der Waals surface area contributed by atoms with Crippen LogP contribution in [-0.2, 0) is 9.47 Å². The quantitative estimate of drug-likeness (QED) is 0.605. The second kappa shape index (κ2) is 9.16. The first-order valence-corrected chi connectivity index (χ1v) is 7.56. The van der Waals surface area contributed by atoms with Gasteiger partial charge in [-0.1, -0.05) is 0 Å². The fourth-order valence-corrected chi connectivity index (χ4v) is 2.86. The molecule has 0 aromatic rings. The van der Waals surface area contributed by atoms with Crippen molar-refractivity contribution in [3.63, 3.8) is 0 Å². The highest BCUT2D eigenvalue weighted by Crippen LogP contribution is 2.27. The molecule has 0 radical (unpaired) electrons. The van der Waals surface area contributed by atoms with Crippen LogP contribution in [0.25, 0.3) is 0 Å². The van der Waals surface area contributed by atoms with Gasteiger partial charge in [0.05, 0.1) is 25.9 Å². The lowest BCUT2D eigenvalue weighted by molar-refractivity contribution is 0.0130. The van der Waals surface area contributed by atoms with Gasteiger partial charge in [0.1, 0.15) is 0 Å². The van der Waals surface area contributed by atoms with Crippen molar-refractivity contribution in [1.82, 2.24) is 5.32 Å². The molecule has 4 nitrogen and oxygen atoms in total. The standard InChI is InChI=1S/C12H25NO3S/c1-15-5-6-16-9-11(14)8-13-10-3-4-12(7-10)17-2/h10-14H,3-9H2,1-2H3. The third-order valence-electron chi connectivity index (χ3n) is 3.10. The average molecular weight is 263 g/mol. The van der Waals surface area contributed by atoms with Gasteiger partial charge in [-0.25, -0.2) is 0 Å². The van der Waals surface area contributed by atoms with E-state index in [1.165, 1.54) is 19.3 Å². The molecular formula is C12H25NO3S. The van der Waals surface area contributed by atoms with E-state index in [1.54, 1.807) is 7.11 Å². The third-order valence-corrected chi connectivity index (χ3v) is 4.20. The number of ether oxygens (including phenoxy) is 2. The zero-order chi connectivity index (χ0) is 12.5. The largest absolute Gasteiger partial charge is 0.389 e. The molecule has 1 saturated carbocycles. The Labute approximate surface area is 108 Å². The summed E-state index contributed by atoms with van der Waals surface area (Å²) in [5.74, 6) is 0. The first-order chi connectivity index (χ1) is 8.26. The highest BCUT2D eigenvalue weighted by atomic mass is 32.2. The second-order valence-corrected chi connectivity index (χ2v) is 5.64. The lowest BCUT2D eigenvalue weighted by Gasteiger charge is -2.16. The molecule has 0 bridgehead atoms. The SMILES string of the molecule is COCCOCC(O)CNC1CCC(SC)C1. The van der Waals surface area contributed by atoms with Gasteiger partial charge in [-0.05, 0) is 25.5 Å².